The number of nitrogens with one attached hydrogen (secondary N) is 1. The van der Waals surface area contributed by atoms with E-state index in [0.29, 0.717) is 23.9 Å². The first-order valence-corrected chi connectivity index (χ1v) is 8.82. The number of aromatic nitrogens is 3. The van der Waals surface area contributed by atoms with Gasteiger partial charge in [-0.2, -0.15) is 0 Å². The summed E-state index contributed by atoms with van der Waals surface area (Å²) >= 11 is 1.40. The van der Waals surface area contributed by atoms with E-state index >= 15 is 0 Å². The maximum Gasteiger partial charge on any atom is 0.243 e. The van der Waals surface area contributed by atoms with Crippen LogP contribution in [0.4, 0.5) is 5.13 Å². The number of anilines is 1. The van der Waals surface area contributed by atoms with Crippen molar-refractivity contribution in [3.63, 3.8) is 0 Å². The lowest BCUT2D eigenvalue weighted by Crippen LogP contribution is -2.41. The van der Waals surface area contributed by atoms with Gasteiger partial charge in [-0.15, -0.1) is 11.3 Å². The van der Waals surface area contributed by atoms with E-state index in [9.17, 15) is 4.79 Å². The first-order chi connectivity index (χ1) is 12.2. The van der Waals surface area contributed by atoms with Crippen molar-refractivity contribution in [1.82, 2.24) is 20.0 Å². The lowest BCUT2D eigenvalue weighted by Gasteiger charge is -2.24. The summed E-state index contributed by atoms with van der Waals surface area (Å²) in [5.74, 6) is 0.628. The molecule has 130 valence electrons. The Balaban J connectivity index is 1.65. The molecule has 0 aliphatic carbocycles. The van der Waals surface area contributed by atoms with Crippen LogP contribution < -0.4 is 5.32 Å². The predicted molar refractivity (Wildman–Crippen MR) is 96.0 cm³/mol. The zero-order valence-corrected chi connectivity index (χ0v) is 14.9. The van der Waals surface area contributed by atoms with Gasteiger partial charge >= 0.3 is 0 Å². The van der Waals surface area contributed by atoms with Gasteiger partial charge in [-0.1, -0.05) is 12.1 Å². The molecule has 0 aliphatic heterocycles. The Kier molecular flexibility index (Phi) is 5.52. The molecule has 1 N–H and O–H groups in total. The van der Waals surface area contributed by atoms with Crippen LogP contribution in [0.25, 0.3) is 11.3 Å². The average molecular weight is 357 g/mol. The molecule has 3 heterocycles. The van der Waals surface area contributed by atoms with E-state index in [2.05, 4.69) is 20.4 Å². The van der Waals surface area contributed by atoms with Gasteiger partial charge in [0.25, 0.3) is 0 Å². The molecule has 3 rings (SSSR count). The molecule has 0 aromatic carbocycles. The Morgan fingerprint density at radius 3 is 2.84 bits per heavy atom. The molecule has 3 aromatic rings. The Labute approximate surface area is 149 Å². The maximum absolute atomic E-state index is 12.5. The van der Waals surface area contributed by atoms with Gasteiger partial charge in [-0.25, -0.2) is 4.98 Å². The second-order valence-corrected chi connectivity index (χ2v) is 6.47. The molecular formula is C17H19N5O2S. The van der Waals surface area contributed by atoms with E-state index in [1.165, 1.54) is 11.3 Å². The van der Waals surface area contributed by atoms with Crippen LogP contribution in [-0.2, 0) is 11.3 Å². The number of carbonyl (C=O) groups is 1. The van der Waals surface area contributed by atoms with Gasteiger partial charge in [-0.3, -0.25) is 14.7 Å². The van der Waals surface area contributed by atoms with Crippen LogP contribution in [-0.4, -0.2) is 39.0 Å². The Morgan fingerprint density at radius 2 is 2.16 bits per heavy atom. The van der Waals surface area contributed by atoms with Gasteiger partial charge < -0.3 is 9.84 Å². The fourth-order valence-electron chi connectivity index (χ4n) is 2.57. The fraction of sp³-hybridized carbons (Fsp3) is 0.294. The molecule has 25 heavy (non-hydrogen) atoms. The third-order valence-electron chi connectivity index (χ3n) is 3.82. The molecule has 1 atom stereocenters. The third kappa shape index (κ3) is 4.28. The minimum absolute atomic E-state index is 0.0752. The van der Waals surface area contributed by atoms with E-state index in [0.717, 1.165) is 11.3 Å². The smallest absolute Gasteiger partial charge is 0.243 e. The summed E-state index contributed by atoms with van der Waals surface area (Å²) in [7, 11) is 1.89. The normalized spacial score (nSPS) is 12.3. The minimum Gasteiger partial charge on any atom is -0.359 e. The van der Waals surface area contributed by atoms with Crippen molar-refractivity contribution in [1.29, 1.82) is 0 Å². The summed E-state index contributed by atoms with van der Waals surface area (Å²) in [6.45, 7) is 2.47. The summed E-state index contributed by atoms with van der Waals surface area (Å²) in [6, 6.07) is 5.36. The van der Waals surface area contributed by atoms with Crippen molar-refractivity contribution in [2.24, 2.45) is 0 Å². The number of nitrogens with zero attached hydrogens (tertiary/aromatic N) is 4. The molecule has 0 radical (unpaired) electrons. The standard InChI is InChI=1S/C17H19N5O2S/c1-3-15(16(23)20-17-19-8-9-25-17)22(2)11-13-10-14(21-24-13)12-4-6-18-7-5-12/h4-10,15H,3,11H2,1-2H3,(H,19,20,23). The van der Waals surface area contributed by atoms with Gasteiger partial charge in [0.15, 0.2) is 10.9 Å². The number of pyridine rings is 1. The SMILES string of the molecule is CCC(C(=O)Nc1nccs1)N(C)Cc1cc(-c2ccncc2)no1. The van der Waals surface area contributed by atoms with Crippen molar-refractivity contribution in [2.75, 3.05) is 12.4 Å². The summed E-state index contributed by atoms with van der Waals surface area (Å²) < 4.78 is 5.42. The molecule has 3 aromatic heterocycles. The molecule has 7 nitrogen and oxygen atoms in total. The maximum atomic E-state index is 12.5. The van der Waals surface area contributed by atoms with Crippen molar-refractivity contribution < 1.29 is 9.32 Å². The number of hydrogen-bond acceptors (Lipinski definition) is 7. The monoisotopic (exact) mass is 357 g/mol. The average Bonchev–Trinajstić information content (AvgIpc) is 3.28. The number of amides is 1. The lowest BCUT2D eigenvalue weighted by atomic mass is 10.1. The topological polar surface area (TPSA) is 84.2 Å². The largest absolute Gasteiger partial charge is 0.359 e. The van der Waals surface area contributed by atoms with E-state index in [1.54, 1.807) is 18.6 Å². The van der Waals surface area contributed by atoms with Crippen molar-refractivity contribution in [3.8, 4) is 11.3 Å². The number of carbonyl (C=O) groups excluding carboxylic acids is 1. The van der Waals surface area contributed by atoms with Gasteiger partial charge in [0, 0.05) is 35.6 Å². The van der Waals surface area contributed by atoms with Crippen molar-refractivity contribution in [2.45, 2.75) is 25.9 Å². The van der Waals surface area contributed by atoms with Crippen LogP contribution in [0.2, 0.25) is 0 Å². The van der Waals surface area contributed by atoms with E-state index in [4.69, 9.17) is 4.52 Å². The van der Waals surface area contributed by atoms with Crippen molar-refractivity contribution >= 4 is 22.4 Å². The highest BCUT2D eigenvalue weighted by atomic mass is 32.1. The Hall–Kier alpha value is -2.58. The number of thiazole rings is 1. The zero-order valence-electron chi connectivity index (χ0n) is 14.0. The fourth-order valence-corrected chi connectivity index (χ4v) is 3.11. The van der Waals surface area contributed by atoms with Gasteiger partial charge in [-0.05, 0) is 25.6 Å². The molecule has 1 unspecified atom stereocenters. The van der Waals surface area contributed by atoms with E-state index in [-0.39, 0.29) is 11.9 Å². The van der Waals surface area contributed by atoms with Crippen molar-refractivity contribution in [3.05, 3.63) is 47.9 Å². The first kappa shape index (κ1) is 17.2. The molecule has 0 saturated carbocycles. The molecular weight excluding hydrogens is 338 g/mol. The summed E-state index contributed by atoms with van der Waals surface area (Å²) in [5, 5.41) is 9.37. The Bertz CT molecular complexity index is 804. The summed E-state index contributed by atoms with van der Waals surface area (Å²) in [4.78, 5) is 22.5. The molecule has 0 fully saturated rings. The molecule has 0 saturated heterocycles. The highest BCUT2D eigenvalue weighted by molar-refractivity contribution is 7.13. The minimum atomic E-state index is -0.279. The molecule has 1 amide bonds. The predicted octanol–water partition coefficient (Wildman–Crippen LogP) is 3.04. The molecule has 0 spiro atoms. The van der Waals surface area contributed by atoms with E-state index < -0.39 is 0 Å². The number of likely N-dealkylation sites (N-methyl/N-ethyl adjacent to an activating group) is 1. The van der Waals surface area contributed by atoms with Crippen LogP contribution in [0.15, 0.2) is 46.7 Å². The second kappa shape index (κ2) is 8.00. The van der Waals surface area contributed by atoms with Crippen LogP contribution in [0.1, 0.15) is 19.1 Å². The molecule has 0 aliphatic rings. The summed E-state index contributed by atoms with van der Waals surface area (Å²) in [6.07, 6.45) is 5.77. The number of hydrogen-bond donors (Lipinski definition) is 1. The van der Waals surface area contributed by atoms with Crippen LogP contribution in [0.5, 0.6) is 0 Å². The zero-order chi connectivity index (χ0) is 17.6. The first-order valence-electron chi connectivity index (χ1n) is 7.94. The second-order valence-electron chi connectivity index (χ2n) is 5.58. The lowest BCUT2D eigenvalue weighted by molar-refractivity contribution is -0.121. The van der Waals surface area contributed by atoms with Gasteiger partial charge in [0.05, 0.1) is 12.6 Å². The van der Waals surface area contributed by atoms with Gasteiger partial charge in [0.1, 0.15) is 5.69 Å². The molecule has 8 heteroatoms. The quantitative estimate of drug-likeness (QED) is 0.700. The highest BCUT2D eigenvalue weighted by Gasteiger charge is 2.23. The van der Waals surface area contributed by atoms with Crippen LogP contribution in [0, 0.1) is 0 Å². The summed E-state index contributed by atoms with van der Waals surface area (Å²) in [5.41, 5.74) is 1.70. The Morgan fingerprint density at radius 1 is 1.36 bits per heavy atom. The van der Waals surface area contributed by atoms with Gasteiger partial charge in [0.2, 0.25) is 5.91 Å². The van der Waals surface area contributed by atoms with E-state index in [1.807, 2.05) is 42.5 Å². The van der Waals surface area contributed by atoms with Crippen LogP contribution >= 0.6 is 11.3 Å². The molecule has 0 bridgehead atoms. The number of rotatable bonds is 7. The van der Waals surface area contributed by atoms with Crippen LogP contribution in [0.3, 0.4) is 0 Å². The highest BCUT2D eigenvalue weighted by Crippen LogP contribution is 2.20. The third-order valence-corrected chi connectivity index (χ3v) is 4.51.